The van der Waals surface area contributed by atoms with Gasteiger partial charge in [-0.25, -0.2) is 0 Å². The summed E-state index contributed by atoms with van der Waals surface area (Å²) in [5, 5.41) is 1.74. The van der Waals surface area contributed by atoms with E-state index in [-0.39, 0.29) is 0 Å². The van der Waals surface area contributed by atoms with Crippen LogP contribution in [0.15, 0.2) is 16.1 Å². The molecule has 0 N–H and O–H groups in total. The summed E-state index contributed by atoms with van der Waals surface area (Å²) in [6, 6.07) is 0. The minimum atomic E-state index is 0.471. The molecule has 52 valence electrons. The third-order valence-corrected chi connectivity index (χ3v) is 1.27. The van der Waals surface area contributed by atoms with Gasteiger partial charge < -0.3 is 0 Å². The second-order valence-corrected chi connectivity index (χ2v) is 2.35. The highest BCUT2D eigenvalue weighted by atomic mass is 32.1. The number of rotatable bonds is 2. The smallest absolute Gasteiger partial charge is 0.0485 e. The Kier molecular flexibility index (Phi) is 4.50. The molecule has 9 heavy (non-hydrogen) atoms. The van der Waals surface area contributed by atoms with Crippen molar-refractivity contribution in [3.05, 3.63) is 11.1 Å². The van der Waals surface area contributed by atoms with Crippen molar-refractivity contribution in [1.29, 1.82) is 0 Å². The van der Waals surface area contributed by atoms with Gasteiger partial charge in [-0.3, -0.25) is 4.99 Å². The van der Waals surface area contributed by atoms with Gasteiger partial charge in [0.1, 0.15) is 0 Å². The fraction of sp³-hybridized carbons (Fsp3) is 0.571. The first-order valence-corrected chi connectivity index (χ1v) is 3.57. The molecule has 0 fully saturated rings. The maximum atomic E-state index is 4.10. The molecule has 0 radical (unpaired) electrons. The Hall–Kier alpha value is -0.240. The summed E-state index contributed by atoms with van der Waals surface area (Å²) < 4.78 is 0. The third kappa shape index (κ3) is 3.36. The van der Waals surface area contributed by atoms with E-state index in [2.05, 4.69) is 31.5 Å². The van der Waals surface area contributed by atoms with Crippen molar-refractivity contribution in [2.24, 2.45) is 10.9 Å². The molecule has 0 aliphatic heterocycles. The quantitative estimate of drug-likeness (QED) is 0.450. The lowest BCUT2D eigenvalue weighted by Gasteiger charge is -2.01. The summed E-state index contributed by atoms with van der Waals surface area (Å²) in [4.78, 5) is 4.10. The van der Waals surface area contributed by atoms with E-state index in [1.54, 1.807) is 11.6 Å². The fourth-order valence-corrected chi connectivity index (χ4v) is 0.845. The molecule has 0 heterocycles. The van der Waals surface area contributed by atoms with E-state index in [1.807, 2.05) is 6.92 Å². The predicted molar refractivity (Wildman–Crippen MR) is 46.1 cm³/mol. The highest BCUT2D eigenvalue weighted by Gasteiger charge is 1.96. The zero-order valence-corrected chi connectivity index (χ0v) is 7.02. The molecule has 0 amide bonds. The highest BCUT2D eigenvalue weighted by molar-refractivity contribution is 7.83. The zero-order chi connectivity index (χ0) is 7.28. The van der Waals surface area contributed by atoms with E-state index in [0.29, 0.717) is 5.92 Å². The van der Waals surface area contributed by atoms with E-state index in [0.717, 1.165) is 5.70 Å². The lowest BCUT2D eigenvalue weighted by Crippen LogP contribution is -1.88. The topological polar surface area (TPSA) is 12.4 Å². The summed E-state index contributed by atoms with van der Waals surface area (Å²) in [5.74, 6) is 0.471. The lowest BCUT2D eigenvalue weighted by molar-refractivity contribution is 0.762. The minimum Gasteiger partial charge on any atom is -0.265 e. The van der Waals surface area contributed by atoms with Gasteiger partial charge in [-0.1, -0.05) is 13.8 Å². The first-order chi connectivity index (χ1) is 4.22. The molecule has 0 aromatic heterocycles. The fourth-order valence-electron chi connectivity index (χ4n) is 0.481. The normalized spacial score (nSPS) is 13.7. The molecule has 1 nitrogen and oxygen atoms in total. The molecule has 0 aliphatic carbocycles. The van der Waals surface area contributed by atoms with Crippen LogP contribution >= 0.6 is 12.6 Å². The summed E-state index contributed by atoms with van der Waals surface area (Å²) >= 11 is 4.01. The molecule has 0 spiro atoms. The molecule has 0 atom stereocenters. The van der Waals surface area contributed by atoms with E-state index < -0.39 is 0 Å². The van der Waals surface area contributed by atoms with Crippen LogP contribution in [-0.4, -0.2) is 6.21 Å². The summed E-state index contributed by atoms with van der Waals surface area (Å²) in [7, 11) is 0. The Morgan fingerprint density at radius 3 is 2.22 bits per heavy atom. The van der Waals surface area contributed by atoms with Gasteiger partial charge in [0.15, 0.2) is 0 Å². The van der Waals surface area contributed by atoms with Crippen molar-refractivity contribution in [2.75, 3.05) is 0 Å². The van der Waals surface area contributed by atoms with Crippen LogP contribution in [0.1, 0.15) is 20.8 Å². The largest absolute Gasteiger partial charge is 0.265 e. The number of hydrogen-bond acceptors (Lipinski definition) is 2. The Morgan fingerprint density at radius 2 is 2.11 bits per heavy atom. The first-order valence-electron chi connectivity index (χ1n) is 3.05. The molecule has 0 aromatic carbocycles. The minimum absolute atomic E-state index is 0.471. The Labute approximate surface area is 62.3 Å². The number of thiol groups is 1. The SMILES string of the molecule is CC=N/C(=C\S)C(C)C. The third-order valence-electron chi connectivity index (χ3n) is 1.00. The van der Waals surface area contributed by atoms with Crippen molar-refractivity contribution >= 4 is 18.8 Å². The van der Waals surface area contributed by atoms with Gasteiger partial charge >= 0.3 is 0 Å². The van der Waals surface area contributed by atoms with Crippen LogP contribution in [0.25, 0.3) is 0 Å². The van der Waals surface area contributed by atoms with Gasteiger partial charge in [-0.05, 0) is 18.2 Å². The predicted octanol–water partition coefficient (Wildman–Crippen LogP) is 2.50. The van der Waals surface area contributed by atoms with Crippen LogP contribution in [0, 0.1) is 5.92 Å². The molecule has 0 unspecified atom stereocenters. The van der Waals surface area contributed by atoms with Crippen LogP contribution in [0.2, 0.25) is 0 Å². The molecular weight excluding hydrogens is 130 g/mol. The average molecular weight is 143 g/mol. The maximum absolute atomic E-state index is 4.10. The lowest BCUT2D eigenvalue weighted by atomic mass is 10.2. The van der Waals surface area contributed by atoms with Crippen LogP contribution in [-0.2, 0) is 0 Å². The molecule has 0 aromatic rings. The summed E-state index contributed by atoms with van der Waals surface area (Å²) in [6.07, 6.45) is 1.78. The van der Waals surface area contributed by atoms with Gasteiger partial charge in [0.25, 0.3) is 0 Å². The van der Waals surface area contributed by atoms with Gasteiger partial charge in [0, 0.05) is 11.9 Å². The van der Waals surface area contributed by atoms with Crippen LogP contribution in [0.4, 0.5) is 0 Å². The van der Waals surface area contributed by atoms with Gasteiger partial charge in [-0.15, -0.1) is 12.6 Å². The molecule has 0 bridgehead atoms. The Balaban J connectivity index is 4.01. The van der Waals surface area contributed by atoms with Gasteiger partial charge in [0.05, 0.1) is 0 Å². The second kappa shape index (κ2) is 4.62. The number of allylic oxidation sites excluding steroid dienone is 1. The Bertz CT molecular complexity index is 125. The van der Waals surface area contributed by atoms with Crippen molar-refractivity contribution in [2.45, 2.75) is 20.8 Å². The number of nitrogens with zero attached hydrogens (tertiary/aromatic N) is 1. The molecule has 0 saturated carbocycles. The van der Waals surface area contributed by atoms with Crippen molar-refractivity contribution < 1.29 is 0 Å². The van der Waals surface area contributed by atoms with Crippen molar-refractivity contribution in [1.82, 2.24) is 0 Å². The summed E-state index contributed by atoms with van der Waals surface area (Å²) in [6.45, 7) is 6.09. The summed E-state index contributed by atoms with van der Waals surface area (Å²) in [5.41, 5.74) is 1.03. The molecule has 0 saturated heterocycles. The highest BCUT2D eigenvalue weighted by Crippen LogP contribution is 2.10. The average Bonchev–Trinajstić information content (AvgIpc) is 1.82. The van der Waals surface area contributed by atoms with Crippen LogP contribution < -0.4 is 0 Å². The second-order valence-electron chi connectivity index (χ2n) is 2.10. The standard InChI is InChI=1S/C7H13NS/c1-4-8-7(5-9)6(2)3/h4-6,9H,1-3H3/b7-5-,8-4?. The van der Waals surface area contributed by atoms with E-state index >= 15 is 0 Å². The van der Waals surface area contributed by atoms with Crippen molar-refractivity contribution in [3.63, 3.8) is 0 Å². The number of aliphatic imine (C=N–C) groups is 1. The van der Waals surface area contributed by atoms with E-state index in [4.69, 9.17) is 0 Å². The van der Waals surface area contributed by atoms with E-state index in [1.165, 1.54) is 0 Å². The molecular formula is C7H13NS. The van der Waals surface area contributed by atoms with Gasteiger partial charge in [-0.2, -0.15) is 0 Å². The van der Waals surface area contributed by atoms with Crippen molar-refractivity contribution in [3.8, 4) is 0 Å². The van der Waals surface area contributed by atoms with Crippen LogP contribution in [0.5, 0.6) is 0 Å². The van der Waals surface area contributed by atoms with Crippen LogP contribution in [0.3, 0.4) is 0 Å². The maximum Gasteiger partial charge on any atom is 0.0485 e. The van der Waals surface area contributed by atoms with E-state index in [9.17, 15) is 0 Å². The molecule has 2 heteroatoms. The first kappa shape index (κ1) is 8.76. The number of hydrogen-bond donors (Lipinski definition) is 1. The zero-order valence-electron chi connectivity index (χ0n) is 6.13. The molecule has 0 aliphatic rings. The molecule has 0 rings (SSSR count). The van der Waals surface area contributed by atoms with Gasteiger partial charge in [0.2, 0.25) is 0 Å². The monoisotopic (exact) mass is 143 g/mol. The Morgan fingerprint density at radius 1 is 1.56 bits per heavy atom.